The van der Waals surface area contributed by atoms with E-state index in [1.165, 1.54) is 11.3 Å². The largest absolute Gasteiger partial charge is 0.370 e. The van der Waals surface area contributed by atoms with E-state index in [2.05, 4.69) is 5.32 Å². The molecule has 6 heteroatoms. The summed E-state index contributed by atoms with van der Waals surface area (Å²) in [6.07, 6.45) is 0. The molecule has 5 nitrogen and oxygen atoms in total. The van der Waals surface area contributed by atoms with E-state index in [4.69, 9.17) is 15.7 Å². The Kier molecular flexibility index (Phi) is 4.77. The molecule has 0 unspecified atom stereocenters. The van der Waals surface area contributed by atoms with Gasteiger partial charge in [0.25, 0.3) is 5.91 Å². The molecule has 0 saturated carbocycles. The van der Waals surface area contributed by atoms with Gasteiger partial charge in [0.1, 0.15) is 17.7 Å². The molecule has 1 heterocycles. The Hall–Kier alpha value is -1.42. The topological polar surface area (TPSA) is 88.1 Å². The Morgan fingerprint density at radius 2 is 2.53 bits per heavy atom. The number of amides is 1. The fourth-order valence-electron chi connectivity index (χ4n) is 0.905. The van der Waals surface area contributed by atoms with Crippen molar-refractivity contribution >= 4 is 22.2 Å². The first kappa shape index (κ1) is 11.7. The third-order valence-electron chi connectivity index (χ3n) is 1.53. The van der Waals surface area contributed by atoms with Crippen LogP contribution in [0.5, 0.6) is 0 Å². The molecule has 0 aliphatic heterocycles. The van der Waals surface area contributed by atoms with E-state index >= 15 is 0 Å². The van der Waals surface area contributed by atoms with Crippen molar-refractivity contribution in [3.05, 3.63) is 17.0 Å². The minimum Gasteiger partial charge on any atom is -0.370 e. The van der Waals surface area contributed by atoms with Gasteiger partial charge in [-0.1, -0.05) is 0 Å². The van der Waals surface area contributed by atoms with Crippen LogP contribution in [0.2, 0.25) is 0 Å². The van der Waals surface area contributed by atoms with E-state index in [9.17, 15) is 4.79 Å². The second-order valence-corrected chi connectivity index (χ2v) is 3.58. The van der Waals surface area contributed by atoms with Crippen molar-refractivity contribution in [2.75, 3.05) is 25.1 Å². The summed E-state index contributed by atoms with van der Waals surface area (Å²) in [5.74, 6) is -0.276. The third-order valence-corrected chi connectivity index (χ3v) is 2.36. The lowest BCUT2D eigenvalue weighted by Crippen LogP contribution is -2.20. The van der Waals surface area contributed by atoms with E-state index < -0.39 is 0 Å². The van der Waals surface area contributed by atoms with Gasteiger partial charge in [-0.25, -0.2) is 0 Å². The number of anilines is 1. The van der Waals surface area contributed by atoms with Gasteiger partial charge in [0.2, 0.25) is 0 Å². The molecule has 1 aromatic heterocycles. The Morgan fingerprint density at radius 1 is 1.73 bits per heavy atom. The molecule has 0 saturated heterocycles. The summed E-state index contributed by atoms with van der Waals surface area (Å²) in [4.78, 5) is 11.3. The quantitative estimate of drug-likeness (QED) is 0.715. The number of ether oxygens (including phenoxy) is 1. The van der Waals surface area contributed by atoms with Gasteiger partial charge in [-0.05, 0) is 11.4 Å². The molecule has 3 N–H and O–H groups in total. The zero-order valence-corrected chi connectivity index (χ0v) is 8.84. The number of carbonyl (C=O) groups excluding carboxylic acids is 1. The molecule has 0 aliphatic carbocycles. The number of hydrogen-bond donors (Lipinski definition) is 2. The van der Waals surface area contributed by atoms with Gasteiger partial charge >= 0.3 is 0 Å². The highest BCUT2D eigenvalue weighted by molar-refractivity contribution is 7.14. The number of nitrogens with zero attached hydrogens (tertiary/aromatic N) is 1. The number of nitrogens with two attached hydrogens (primary N) is 1. The highest BCUT2D eigenvalue weighted by atomic mass is 32.1. The molecule has 1 rings (SSSR count). The first-order valence-corrected chi connectivity index (χ1v) is 5.21. The summed E-state index contributed by atoms with van der Waals surface area (Å²) in [6.45, 7) is 0.693. The van der Waals surface area contributed by atoms with Crippen molar-refractivity contribution in [3.63, 3.8) is 0 Å². The van der Waals surface area contributed by atoms with Gasteiger partial charge < -0.3 is 15.8 Å². The van der Waals surface area contributed by atoms with Gasteiger partial charge in [-0.2, -0.15) is 5.26 Å². The number of nitriles is 1. The number of thiophene rings is 1. The highest BCUT2D eigenvalue weighted by Crippen LogP contribution is 2.21. The minimum absolute atomic E-state index is 0.0417. The standard InChI is InChI=1S/C9H11N3O2S/c10-2-3-14-6-8(13)12-9-7(5-11)1-4-15-9/h1,4H,2-3,6,10H2,(H,12,13). The maximum atomic E-state index is 11.3. The molecule has 0 radical (unpaired) electrons. The summed E-state index contributed by atoms with van der Waals surface area (Å²) in [5.41, 5.74) is 5.66. The zero-order valence-electron chi connectivity index (χ0n) is 8.03. The molecule has 0 aliphatic rings. The van der Waals surface area contributed by atoms with Gasteiger partial charge in [-0.3, -0.25) is 4.79 Å². The van der Waals surface area contributed by atoms with Crippen LogP contribution in [0.1, 0.15) is 5.56 Å². The van der Waals surface area contributed by atoms with E-state index in [1.54, 1.807) is 11.4 Å². The number of carbonyl (C=O) groups is 1. The number of hydrogen-bond acceptors (Lipinski definition) is 5. The van der Waals surface area contributed by atoms with E-state index in [1.807, 2.05) is 6.07 Å². The molecule has 0 atom stereocenters. The molecule has 0 fully saturated rings. The SMILES string of the molecule is N#Cc1ccsc1NC(=O)COCCN. The van der Waals surface area contributed by atoms with Crippen LogP contribution in [0.3, 0.4) is 0 Å². The van der Waals surface area contributed by atoms with Crippen molar-refractivity contribution in [1.29, 1.82) is 5.26 Å². The van der Waals surface area contributed by atoms with Crippen LogP contribution in [-0.4, -0.2) is 25.7 Å². The van der Waals surface area contributed by atoms with Crippen molar-refractivity contribution in [2.45, 2.75) is 0 Å². The Bertz CT molecular complexity index is 370. The number of rotatable bonds is 5. The van der Waals surface area contributed by atoms with Crippen molar-refractivity contribution in [2.24, 2.45) is 5.73 Å². The smallest absolute Gasteiger partial charge is 0.251 e. The van der Waals surface area contributed by atoms with Gasteiger partial charge in [0.15, 0.2) is 0 Å². The molecule has 1 amide bonds. The fraction of sp³-hybridized carbons (Fsp3) is 0.333. The second-order valence-electron chi connectivity index (χ2n) is 2.66. The number of nitrogens with one attached hydrogen (secondary N) is 1. The summed E-state index contributed by atoms with van der Waals surface area (Å²) < 4.78 is 4.95. The van der Waals surface area contributed by atoms with Crippen LogP contribution in [0.25, 0.3) is 0 Å². The van der Waals surface area contributed by atoms with Crippen LogP contribution in [-0.2, 0) is 9.53 Å². The van der Waals surface area contributed by atoms with Crippen molar-refractivity contribution in [3.8, 4) is 6.07 Å². The second kappa shape index (κ2) is 6.14. The van der Waals surface area contributed by atoms with Crippen LogP contribution in [0.4, 0.5) is 5.00 Å². The molecular formula is C9H11N3O2S. The van der Waals surface area contributed by atoms with Gasteiger partial charge in [0, 0.05) is 6.54 Å². The average molecular weight is 225 g/mol. The molecule has 0 bridgehead atoms. The minimum atomic E-state index is -0.276. The molecular weight excluding hydrogens is 214 g/mol. The lowest BCUT2D eigenvalue weighted by Gasteiger charge is -2.03. The normalized spacial score (nSPS) is 9.60. The summed E-state index contributed by atoms with van der Waals surface area (Å²) in [5, 5.41) is 13.6. The Balaban J connectivity index is 2.42. The summed E-state index contributed by atoms with van der Waals surface area (Å²) in [7, 11) is 0. The third kappa shape index (κ3) is 3.67. The Labute approximate surface area is 91.5 Å². The Morgan fingerprint density at radius 3 is 3.20 bits per heavy atom. The highest BCUT2D eigenvalue weighted by Gasteiger charge is 2.07. The van der Waals surface area contributed by atoms with Gasteiger partial charge in [0.05, 0.1) is 12.2 Å². The van der Waals surface area contributed by atoms with E-state index in [0.717, 1.165) is 0 Å². The van der Waals surface area contributed by atoms with E-state index in [-0.39, 0.29) is 12.5 Å². The lowest BCUT2D eigenvalue weighted by atomic mass is 10.3. The maximum Gasteiger partial charge on any atom is 0.251 e. The monoisotopic (exact) mass is 225 g/mol. The predicted molar refractivity (Wildman–Crippen MR) is 57.5 cm³/mol. The molecule has 1 aromatic rings. The van der Waals surface area contributed by atoms with Crippen LogP contribution in [0.15, 0.2) is 11.4 Å². The zero-order chi connectivity index (χ0) is 11.1. The summed E-state index contributed by atoms with van der Waals surface area (Å²) in [6, 6.07) is 3.64. The maximum absolute atomic E-state index is 11.3. The fourth-order valence-corrected chi connectivity index (χ4v) is 1.66. The first-order chi connectivity index (χ1) is 7.27. The van der Waals surface area contributed by atoms with Crippen LogP contribution < -0.4 is 11.1 Å². The molecule has 0 spiro atoms. The van der Waals surface area contributed by atoms with Crippen LogP contribution in [0, 0.1) is 11.3 Å². The van der Waals surface area contributed by atoms with Crippen LogP contribution >= 0.6 is 11.3 Å². The molecule has 15 heavy (non-hydrogen) atoms. The predicted octanol–water partition coefficient (Wildman–Crippen LogP) is 0.534. The van der Waals surface area contributed by atoms with E-state index in [0.29, 0.717) is 23.7 Å². The first-order valence-electron chi connectivity index (χ1n) is 4.33. The van der Waals surface area contributed by atoms with Crippen molar-refractivity contribution in [1.82, 2.24) is 0 Å². The summed E-state index contributed by atoms with van der Waals surface area (Å²) >= 11 is 1.31. The lowest BCUT2D eigenvalue weighted by molar-refractivity contribution is -0.120. The average Bonchev–Trinajstić information content (AvgIpc) is 2.65. The molecule has 80 valence electrons. The molecule has 0 aromatic carbocycles. The van der Waals surface area contributed by atoms with Crippen molar-refractivity contribution < 1.29 is 9.53 Å². The van der Waals surface area contributed by atoms with Gasteiger partial charge in [-0.15, -0.1) is 11.3 Å².